The highest BCUT2D eigenvalue weighted by Gasteiger charge is 2.32. The number of imide groups is 1. The van der Waals surface area contributed by atoms with E-state index >= 15 is 0 Å². The zero-order chi connectivity index (χ0) is 53.3. The number of ether oxygens (including phenoxy) is 9. The van der Waals surface area contributed by atoms with Crippen molar-refractivity contribution in [3.05, 3.63) is 0 Å². The Morgan fingerprint density at radius 2 is 0.971 bits per heavy atom. The molecule has 0 aromatic heterocycles. The molecule has 0 radical (unpaired) electrons. The van der Waals surface area contributed by atoms with E-state index in [4.69, 9.17) is 59.1 Å². The summed E-state index contributed by atoms with van der Waals surface area (Å²) < 4.78 is 45.3. The first-order chi connectivity index (χ1) is 33.3. The molecule has 0 bridgehead atoms. The van der Waals surface area contributed by atoms with Crippen molar-refractivity contribution >= 4 is 41.4 Å². The number of carbonyl (C=O) groups is 7. The lowest BCUT2D eigenvalue weighted by Gasteiger charge is -2.19. The van der Waals surface area contributed by atoms with E-state index in [1.807, 2.05) is 20.8 Å². The van der Waals surface area contributed by atoms with Gasteiger partial charge in [0.2, 0.25) is 0 Å². The first kappa shape index (κ1) is 70.5. The molecule has 1 heterocycles. The number of methoxy groups -OCH3 is 3. The molecule has 0 atom stereocenters. The van der Waals surface area contributed by atoms with Crippen molar-refractivity contribution in [3.8, 4) is 0 Å². The molecule has 0 aromatic rings. The quantitative estimate of drug-likeness (QED) is 0.0334. The summed E-state index contributed by atoms with van der Waals surface area (Å²) in [6.07, 6.45) is 8.84. The molecule has 70 heavy (non-hydrogen) atoms. The van der Waals surface area contributed by atoms with Gasteiger partial charge in [-0.2, -0.15) is 5.48 Å². The van der Waals surface area contributed by atoms with Gasteiger partial charge >= 0.3 is 18.0 Å². The number of carbonyl (C=O) groups excluding carboxylic acids is 7. The lowest BCUT2D eigenvalue weighted by molar-refractivity contribution is -0.198. The van der Waals surface area contributed by atoms with Crippen molar-refractivity contribution in [3.63, 3.8) is 0 Å². The van der Waals surface area contributed by atoms with Crippen molar-refractivity contribution in [2.24, 2.45) is 11.6 Å². The molecule has 0 aromatic carbocycles. The Morgan fingerprint density at radius 1 is 0.514 bits per heavy atom. The molecule has 0 saturated carbocycles. The summed E-state index contributed by atoms with van der Waals surface area (Å²) in [6.45, 7) is 17.1. The molecule has 23 heteroatoms. The molecular weight excluding hydrogens is 925 g/mol. The Morgan fingerprint density at radius 3 is 1.41 bits per heavy atom. The monoisotopic (exact) mass is 1010 g/mol. The van der Waals surface area contributed by atoms with Gasteiger partial charge in [0.25, 0.3) is 11.8 Å². The number of amides is 3. The van der Waals surface area contributed by atoms with E-state index in [-0.39, 0.29) is 50.0 Å². The third-order valence-electron chi connectivity index (χ3n) is 8.35. The second-order valence-electron chi connectivity index (χ2n) is 17.3. The van der Waals surface area contributed by atoms with Crippen LogP contribution in [0.1, 0.15) is 138 Å². The lowest BCUT2D eigenvalue weighted by Crippen LogP contribution is -2.32. The van der Waals surface area contributed by atoms with Gasteiger partial charge in [-0.25, -0.2) is 20.3 Å². The SMILES string of the molecule is CC(C)(C)OC(=O)NOCCCCN.COCCOCCC(=O)CCCCCOCC(=O)OC(C)(C)C.COCCOCCC(=O)CCCCCON.COCCOCCC(=O)ON1C(=O)CCC1=O. The minimum atomic E-state index is -0.661. The molecule has 1 aliphatic heterocycles. The average molecular weight is 1020 g/mol. The Balaban J connectivity index is -0.000000870. The van der Waals surface area contributed by atoms with Gasteiger partial charge in [0.15, 0.2) is 0 Å². The number of nitrogens with zero attached hydrogens (tertiary/aromatic N) is 1. The van der Waals surface area contributed by atoms with Crippen LogP contribution in [0.4, 0.5) is 4.79 Å². The van der Waals surface area contributed by atoms with Gasteiger partial charge in [0, 0.05) is 66.5 Å². The molecule has 1 rings (SSSR count). The van der Waals surface area contributed by atoms with Crippen molar-refractivity contribution < 1.29 is 90.7 Å². The summed E-state index contributed by atoms with van der Waals surface area (Å²) in [5.41, 5.74) is 6.51. The van der Waals surface area contributed by atoms with E-state index in [0.717, 1.165) is 51.4 Å². The number of esters is 1. The number of hydrogen-bond acceptors (Lipinski definition) is 21. The van der Waals surface area contributed by atoms with Crippen LogP contribution >= 0.6 is 0 Å². The van der Waals surface area contributed by atoms with Crippen LogP contribution in [-0.4, -0.2) is 171 Å². The maximum Gasteiger partial charge on any atom is 0.431 e. The van der Waals surface area contributed by atoms with Crippen LogP contribution in [0.25, 0.3) is 0 Å². The highest BCUT2D eigenvalue weighted by atomic mass is 16.7. The summed E-state index contributed by atoms with van der Waals surface area (Å²) in [5, 5.41) is 0.525. The van der Waals surface area contributed by atoms with Crippen molar-refractivity contribution in [2.45, 2.75) is 149 Å². The molecule has 1 aliphatic rings. The zero-order valence-corrected chi connectivity index (χ0v) is 43.9. The topological polar surface area (TPSA) is 298 Å². The summed E-state index contributed by atoms with van der Waals surface area (Å²) in [5.74, 6) is 3.38. The smallest absolute Gasteiger partial charge is 0.431 e. The number of nitrogens with two attached hydrogens (primary N) is 2. The van der Waals surface area contributed by atoms with Gasteiger partial charge in [-0.1, -0.05) is 12.8 Å². The Bertz CT molecular complexity index is 1310. The fourth-order valence-electron chi connectivity index (χ4n) is 4.96. The fraction of sp³-hybridized carbons (Fsp3) is 0.851. The van der Waals surface area contributed by atoms with Crippen molar-refractivity contribution in [2.75, 3.05) is 114 Å². The highest BCUT2D eigenvalue weighted by molar-refractivity contribution is 6.01. The van der Waals surface area contributed by atoms with Crippen molar-refractivity contribution in [1.29, 1.82) is 0 Å². The van der Waals surface area contributed by atoms with Crippen molar-refractivity contribution in [1.82, 2.24) is 10.5 Å². The largest absolute Gasteiger partial charge is 0.458 e. The molecule has 5 N–H and O–H groups in total. The van der Waals surface area contributed by atoms with Gasteiger partial charge in [-0.05, 0) is 86.6 Å². The van der Waals surface area contributed by atoms with E-state index in [1.54, 1.807) is 42.1 Å². The number of nitrogens with one attached hydrogen (secondary N) is 1. The molecule has 3 amide bonds. The Kier molecular flexibility index (Phi) is 49.2. The van der Waals surface area contributed by atoms with Gasteiger partial charge in [0.05, 0.1) is 79.1 Å². The predicted octanol–water partition coefficient (Wildman–Crippen LogP) is 4.41. The van der Waals surface area contributed by atoms with Gasteiger partial charge in [-0.3, -0.25) is 24.0 Å². The van der Waals surface area contributed by atoms with Crippen LogP contribution in [0.15, 0.2) is 0 Å². The van der Waals surface area contributed by atoms with Crippen LogP contribution < -0.4 is 17.1 Å². The third-order valence-corrected chi connectivity index (χ3v) is 8.35. The summed E-state index contributed by atoms with van der Waals surface area (Å²) in [4.78, 5) is 92.7. The number of ketones is 2. The number of unbranched alkanes of at least 4 members (excludes halogenated alkanes) is 5. The Labute approximate surface area is 416 Å². The van der Waals surface area contributed by atoms with E-state index in [0.29, 0.717) is 110 Å². The zero-order valence-electron chi connectivity index (χ0n) is 43.9. The summed E-state index contributed by atoms with van der Waals surface area (Å²) in [6, 6.07) is 0. The van der Waals surface area contributed by atoms with Crippen LogP contribution in [-0.2, 0) is 85.9 Å². The Hall–Kier alpha value is -3.75. The van der Waals surface area contributed by atoms with E-state index in [2.05, 4.69) is 15.2 Å². The van der Waals surface area contributed by atoms with E-state index in [1.165, 1.54) is 0 Å². The van der Waals surface area contributed by atoms with Crippen LogP contribution in [0, 0.1) is 0 Å². The number of rotatable bonds is 38. The van der Waals surface area contributed by atoms with Gasteiger partial charge in [-0.15, -0.1) is 5.06 Å². The van der Waals surface area contributed by atoms with Gasteiger partial charge < -0.3 is 58.0 Å². The fourth-order valence-corrected chi connectivity index (χ4v) is 4.96. The molecule has 1 fully saturated rings. The lowest BCUT2D eigenvalue weighted by atomic mass is 10.1. The highest BCUT2D eigenvalue weighted by Crippen LogP contribution is 2.13. The maximum absolute atomic E-state index is 11.6. The molecule has 1 saturated heterocycles. The number of Topliss-reactive ketones (excluding diaryl/α,β-unsaturated/α-hetero) is 2. The molecule has 0 unspecified atom stereocenters. The van der Waals surface area contributed by atoms with Crippen LogP contribution in [0.3, 0.4) is 0 Å². The molecule has 412 valence electrons. The second kappa shape index (κ2) is 48.9. The first-order valence-electron chi connectivity index (χ1n) is 24.0. The summed E-state index contributed by atoms with van der Waals surface area (Å²) >= 11 is 0. The van der Waals surface area contributed by atoms with E-state index < -0.39 is 35.1 Å². The number of hydrogen-bond donors (Lipinski definition) is 3. The summed E-state index contributed by atoms with van der Waals surface area (Å²) in [7, 11) is 4.79. The second-order valence-corrected chi connectivity index (χ2v) is 17.3. The standard InChI is InChI=1S/C17H32O6.C11H23NO4.C10H15NO6.C9H20N2O3/c1-17(2,3)23-16(19)14-22-10-7-5-6-8-15(18)9-11-21-13-12-20-4;1-14-9-10-15-8-6-11(13)5-3-2-4-7-16-12;1-15-6-7-16-5-4-10(14)17-11-8(12)2-3-9(11)13;1-9(2,3)14-8(12)11-13-7-5-4-6-10/h5-14H2,1-4H3;2-10,12H2,1H3;2-7H2,1H3;4-7,10H2,1-3H3,(H,11,12). The van der Waals surface area contributed by atoms with Crippen LogP contribution in [0.5, 0.6) is 0 Å². The molecule has 0 aliphatic carbocycles. The molecule has 23 nitrogen and oxygen atoms in total. The average Bonchev–Trinajstić information content (AvgIpc) is 3.60. The minimum Gasteiger partial charge on any atom is -0.458 e. The molecular formula is C47H90N4O19. The normalized spacial score (nSPS) is 12.2. The predicted molar refractivity (Wildman–Crippen MR) is 256 cm³/mol. The maximum atomic E-state index is 11.6. The number of hydroxylamine groups is 3. The van der Waals surface area contributed by atoms with E-state index in [9.17, 15) is 33.6 Å². The minimum absolute atomic E-state index is 0.0131. The van der Waals surface area contributed by atoms with Crippen LogP contribution in [0.2, 0.25) is 0 Å². The third kappa shape index (κ3) is 55.2. The molecule has 0 spiro atoms. The van der Waals surface area contributed by atoms with Gasteiger partial charge in [0.1, 0.15) is 29.4 Å². The first-order valence-corrected chi connectivity index (χ1v) is 24.0.